The van der Waals surface area contributed by atoms with E-state index in [4.69, 9.17) is 4.42 Å². The van der Waals surface area contributed by atoms with E-state index in [0.29, 0.717) is 0 Å². The molecule has 0 unspecified atom stereocenters. The second-order valence-electron chi connectivity index (χ2n) is 12.1. The van der Waals surface area contributed by atoms with Gasteiger partial charge in [0.15, 0.2) is 0 Å². The maximum atomic E-state index is 6.45. The molecule has 10 rings (SSSR count). The first-order chi connectivity index (χ1) is 22.8. The molecule has 1 aromatic heterocycles. The second kappa shape index (κ2) is 9.69. The summed E-state index contributed by atoms with van der Waals surface area (Å²) < 4.78 is 6.45. The Kier molecular flexibility index (Phi) is 5.31. The Bertz CT molecular complexity index is 2650. The number of nitrogens with zero attached hydrogens (tertiary/aromatic N) is 1. The molecule has 10 aromatic rings. The minimum Gasteiger partial charge on any atom is -0.456 e. The lowest BCUT2D eigenvalue weighted by molar-refractivity contribution is 0.669. The average Bonchev–Trinajstić information content (AvgIpc) is 3.52. The van der Waals surface area contributed by atoms with Gasteiger partial charge in [0.05, 0.1) is 0 Å². The van der Waals surface area contributed by atoms with Crippen LogP contribution >= 0.6 is 0 Å². The normalized spacial score (nSPS) is 11.9. The number of furan rings is 1. The number of benzene rings is 9. The molecule has 0 aliphatic rings. The molecule has 0 spiro atoms. The maximum Gasteiger partial charge on any atom is 0.136 e. The standard InChI is InChI=1S/C44H27NO/c1-3-8-28(9-4-1)29-16-21-34(22-17-29)45(33-11-5-2-6-12-33)35-23-18-30(19-24-35)36-25-27-39-44-42(36)37-13-7-10-31-14-15-32-20-26-38(46-39)43(44)41(32)40(31)37/h1-27H. The Morgan fingerprint density at radius 2 is 0.870 bits per heavy atom. The van der Waals surface area contributed by atoms with Crippen molar-refractivity contribution in [3.8, 4) is 22.3 Å². The molecular formula is C44H27NO. The van der Waals surface area contributed by atoms with E-state index in [1.165, 1.54) is 65.3 Å². The first-order valence-electron chi connectivity index (χ1n) is 15.8. The van der Waals surface area contributed by atoms with Gasteiger partial charge in [0.1, 0.15) is 11.2 Å². The topological polar surface area (TPSA) is 16.4 Å². The lowest BCUT2D eigenvalue weighted by Crippen LogP contribution is -2.09. The van der Waals surface area contributed by atoms with Gasteiger partial charge in [0.25, 0.3) is 0 Å². The summed E-state index contributed by atoms with van der Waals surface area (Å²) in [5.41, 5.74) is 10.1. The molecule has 0 saturated carbocycles. The molecular weight excluding hydrogens is 558 g/mol. The van der Waals surface area contributed by atoms with Crippen molar-refractivity contribution >= 4 is 71.3 Å². The highest BCUT2D eigenvalue weighted by atomic mass is 16.3. The summed E-state index contributed by atoms with van der Waals surface area (Å²) in [5, 5.41) is 10.1. The molecule has 1 heterocycles. The van der Waals surface area contributed by atoms with Crippen LogP contribution in [0.2, 0.25) is 0 Å². The zero-order valence-electron chi connectivity index (χ0n) is 24.9. The molecule has 9 aromatic carbocycles. The Balaban J connectivity index is 1.14. The van der Waals surface area contributed by atoms with Gasteiger partial charge in [0, 0.05) is 38.6 Å². The lowest BCUT2D eigenvalue weighted by Gasteiger charge is -2.26. The highest BCUT2D eigenvalue weighted by Gasteiger charge is 2.22. The third-order valence-corrected chi connectivity index (χ3v) is 9.58. The molecule has 0 fully saturated rings. The van der Waals surface area contributed by atoms with Gasteiger partial charge in [-0.2, -0.15) is 0 Å². The predicted octanol–water partition coefficient (Wildman–Crippen LogP) is 12.7. The molecule has 0 amide bonds. The summed E-state index contributed by atoms with van der Waals surface area (Å²) in [6, 6.07) is 58.8. The first kappa shape index (κ1) is 25.2. The molecule has 0 saturated heterocycles. The minimum absolute atomic E-state index is 0.943. The van der Waals surface area contributed by atoms with E-state index in [2.05, 4.69) is 169 Å². The SMILES string of the molecule is c1ccc(-c2ccc(N(c3ccccc3)c3ccc(-c4ccc5oc6ccc7ccc8cccc9c4c5c6c7c89)cc3)cc2)cc1. The van der Waals surface area contributed by atoms with Gasteiger partial charge in [-0.25, -0.2) is 0 Å². The van der Waals surface area contributed by atoms with E-state index >= 15 is 0 Å². The lowest BCUT2D eigenvalue weighted by atomic mass is 9.86. The van der Waals surface area contributed by atoms with Gasteiger partial charge in [0.2, 0.25) is 0 Å². The monoisotopic (exact) mass is 585 g/mol. The first-order valence-corrected chi connectivity index (χ1v) is 15.8. The molecule has 46 heavy (non-hydrogen) atoms. The van der Waals surface area contributed by atoms with Crippen molar-refractivity contribution in [2.45, 2.75) is 0 Å². The number of anilines is 3. The van der Waals surface area contributed by atoms with Crippen LogP contribution in [-0.4, -0.2) is 0 Å². The number of para-hydroxylation sites is 1. The molecule has 0 atom stereocenters. The third kappa shape index (κ3) is 3.65. The van der Waals surface area contributed by atoms with Gasteiger partial charge >= 0.3 is 0 Å². The predicted molar refractivity (Wildman–Crippen MR) is 194 cm³/mol. The summed E-state index contributed by atoms with van der Waals surface area (Å²) in [6.07, 6.45) is 0. The van der Waals surface area contributed by atoms with Crippen LogP contribution in [0.5, 0.6) is 0 Å². The Morgan fingerprint density at radius 3 is 1.59 bits per heavy atom. The quantitative estimate of drug-likeness (QED) is 0.148. The van der Waals surface area contributed by atoms with Crippen LogP contribution in [0.15, 0.2) is 168 Å². The fourth-order valence-electron chi connectivity index (χ4n) is 7.52. The molecule has 0 bridgehead atoms. The minimum atomic E-state index is 0.943. The smallest absolute Gasteiger partial charge is 0.136 e. The number of hydrogen-bond donors (Lipinski definition) is 0. The van der Waals surface area contributed by atoms with E-state index in [0.717, 1.165) is 28.2 Å². The van der Waals surface area contributed by atoms with Crippen LogP contribution in [-0.2, 0) is 0 Å². The highest BCUT2D eigenvalue weighted by Crippen LogP contribution is 2.49. The highest BCUT2D eigenvalue weighted by molar-refractivity contribution is 6.40. The van der Waals surface area contributed by atoms with Gasteiger partial charge < -0.3 is 9.32 Å². The molecule has 2 nitrogen and oxygen atoms in total. The second-order valence-corrected chi connectivity index (χ2v) is 12.1. The van der Waals surface area contributed by atoms with Crippen LogP contribution in [0.25, 0.3) is 76.5 Å². The fraction of sp³-hybridized carbons (Fsp3) is 0. The van der Waals surface area contributed by atoms with Crippen molar-refractivity contribution < 1.29 is 4.42 Å². The average molecular weight is 586 g/mol. The van der Waals surface area contributed by atoms with Gasteiger partial charge in [-0.15, -0.1) is 0 Å². The molecule has 0 N–H and O–H groups in total. The summed E-state index contributed by atoms with van der Waals surface area (Å²) >= 11 is 0. The van der Waals surface area contributed by atoms with Gasteiger partial charge in [-0.3, -0.25) is 0 Å². The number of hydrogen-bond acceptors (Lipinski definition) is 2. The van der Waals surface area contributed by atoms with Crippen LogP contribution in [0.1, 0.15) is 0 Å². The van der Waals surface area contributed by atoms with E-state index in [-0.39, 0.29) is 0 Å². The van der Waals surface area contributed by atoms with Crippen molar-refractivity contribution in [3.05, 3.63) is 164 Å². The Morgan fingerprint density at radius 1 is 0.326 bits per heavy atom. The van der Waals surface area contributed by atoms with Gasteiger partial charge in [-0.05, 0) is 92.3 Å². The summed E-state index contributed by atoms with van der Waals surface area (Å²) in [5.74, 6) is 0. The van der Waals surface area contributed by atoms with E-state index in [9.17, 15) is 0 Å². The molecule has 0 aliphatic carbocycles. The van der Waals surface area contributed by atoms with Crippen molar-refractivity contribution in [2.24, 2.45) is 0 Å². The summed E-state index contributed by atoms with van der Waals surface area (Å²) in [6.45, 7) is 0. The molecule has 0 aliphatic heterocycles. The molecule has 2 heteroatoms. The van der Waals surface area contributed by atoms with Crippen LogP contribution in [0.3, 0.4) is 0 Å². The van der Waals surface area contributed by atoms with Crippen molar-refractivity contribution in [3.63, 3.8) is 0 Å². The summed E-state index contributed by atoms with van der Waals surface area (Å²) in [4.78, 5) is 2.32. The van der Waals surface area contributed by atoms with Crippen LogP contribution < -0.4 is 4.90 Å². The zero-order chi connectivity index (χ0) is 30.2. The van der Waals surface area contributed by atoms with E-state index < -0.39 is 0 Å². The van der Waals surface area contributed by atoms with Crippen LogP contribution in [0, 0.1) is 0 Å². The zero-order valence-corrected chi connectivity index (χ0v) is 24.9. The number of fused-ring (bicyclic) bond motifs is 1. The Hall–Kier alpha value is -6.12. The van der Waals surface area contributed by atoms with Crippen molar-refractivity contribution in [1.82, 2.24) is 0 Å². The van der Waals surface area contributed by atoms with E-state index in [1.807, 2.05) is 0 Å². The molecule has 0 radical (unpaired) electrons. The summed E-state index contributed by atoms with van der Waals surface area (Å²) in [7, 11) is 0. The van der Waals surface area contributed by atoms with Gasteiger partial charge in [-0.1, -0.05) is 115 Å². The Labute approximate surface area is 266 Å². The third-order valence-electron chi connectivity index (χ3n) is 9.58. The van der Waals surface area contributed by atoms with Crippen molar-refractivity contribution in [1.29, 1.82) is 0 Å². The van der Waals surface area contributed by atoms with Crippen LogP contribution in [0.4, 0.5) is 17.1 Å². The fourth-order valence-corrected chi connectivity index (χ4v) is 7.52. The van der Waals surface area contributed by atoms with Crippen molar-refractivity contribution in [2.75, 3.05) is 4.90 Å². The maximum absolute atomic E-state index is 6.45. The largest absolute Gasteiger partial charge is 0.456 e. The molecule has 214 valence electrons. The number of rotatable bonds is 5. The van der Waals surface area contributed by atoms with E-state index in [1.54, 1.807) is 0 Å².